The fraction of sp³-hybridized carbons (Fsp3) is 0.571. The van der Waals surface area contributed by atoms with Gasteiger partial charge < -0.3 is 5.32 Å². The molecule has 0 aliphatic heterocycles. The van der Waals surface area contributed by atoms with Crippen LogP contribution in [-0.4, -0.2) is 12.5 Å². The molecule has 2 nitrogen and oxygen atoms in total. The minimum atomic E-state index is 0.0535. The first-order valence-electron chi connectivity index (χ1n) is 2.97. The monoisotopic (exact) mass is 125 g/mol. The maximum Gasteiger partial charge on any atom is 0.220 e. The molecule has 0 aromatic carbocycles. The molecule has 0 heterocycles. The lowest BCUT2D eigenvalue weighted by molar-refractivity contribution is -0.120. The van der Waals surface area contributed by atoms with Crippen LogP contribution in [0.5, 0.6) is 0 Å². The fourth-order valence-electron chi connectivity index (χ4n) is 0.356. The van der Waals surface area contributed by atoms with Crippen LogP contribution < -0.4 is 5.32 Å². The van der Waals surface area contributed by atoms with Crippen LogP contribution in [0.25, 0.3) is 0 Å². The van der Waals surface area contributed by atoms with Crippen molar-refractivity contribution in [1.29, 1.82) is 0 Å². The maximum absolute atomic E-state index is 10.5. The van der Waals surface area contributed by atoms with Gasteiger partial charge >= 0.3 is 0 Å². The van der Waals surface area contributed by atoms with Gasteiger partial charge in [-0.2, -0.15) is 0 Å². The third-order valence-electron chi connectivity index (χ3n) is 0.872. The van der Waals surface area contributed by atoms with Crippen LogP contribution in [0.15, 0.2) is 0 Å². The Balaban J connectivity index is 3.24. The highest BCUT2D eigenvalue weighted by Crippen LogP contribution is 1.71. The Bertz CT molecular complexity index is 141. The summed E-state index contributed by atoms with van der Waals surface area (Å²) < 4.78 is 0. The van der Waals surface area contributed by atoms with Crippen LogP contribution in [-0.2, 0) is 4.79 Å². The first kappa shape index (κ1) is 8.03. The van der Waals surface area contributed by atoms with Crippen molar-refractivity contribution in [3.05, 3.63) is 0 Å². The van der Waals surface area contributed by atoms with E-state index in [0.717, 1.165) is 0 Å². The molecule has 0 unspecified atom stereocenters. The lowest BCUT2D eigenvalue weighted by atomic mass is 10.4. The van der Waals surface area contributed by atoms with Crippen molar-refractivity contribution < 1.29 is 4.79 Å². The Morgan fingerprint density at radius 2 is 2.33 bits per heavy atom. The SMILES string of the molecule is CC#CCNC(=O)CC. The number of nitrogens with one attached hydrogen (secondary N) is 1. The zero-order valence-corrected chi connectivity index (χ0v) is 5.82. The minimum absolute atomic E-state index is 0.0535. The van der Waals surface area contributed by atoms with Crippen LogP contribution in [0.1, 0.15) is 20.3 Å². The van der Waals surface area contributed by atoms with Gasteiger partial charge in [-0.25, -0.2) is 0 Å². The largest absolute Gasteiger partial charge is 0.345 e. The topological polar surface area (TPSA) is 29.1 Å². The van der Waals surface area contributed by atoms with E-state index < -0.39 is 0 Å². The molecule has 0 atom stereocenters. The smallest absolute Gasteiger partial charge is 0.220 e. The van der Waals surface area contributed by atoms with E-state index in [1.807, 2.05) is 6.92 Å². The number of carbonyl (C=O) groups excluding carboxylic acids is 1. The summed E-state index contributed by atoms with van der Waals surface area (Å²) in [5.74, 6) is 5.47. The third-order valence-corrected chi connectivity index (χ3v) is 0.872. The molecule has 50 valence electrons. The summed E-state index contributed by atoms with van der Waals surface area (Å²) in [6.07, 6.45) is 0.533. The average molecular weight is 125 g/mol. The van der Waals surface area contributed by atoms with Crippen LogP contribution in [0.2, 0.25) is 0 Å². The molecule has 1 N–H and O–H groups in total. The molecule has 0 aliphatic carbocycles. The highest BCUT2D eigenvalue weighted by Gasteiger charge is 1.89. The average Bonchev–Trinajstić information content (AvgIpc) is 1.89. The van der Waals surface area contributed by atoms with Gasteiger partial charge in [0.2, 0.25) is 5.91 Å². The normalized spacial score (nSPS) is 7.33. The second-order valence-corrected chi connectivity index (χ2v) is 1.56. The Kier molecular flexibility index (Phi) is 4.61. The highest BCUT2D eigenvalue weighted by molar-refractivity contribution is 5.75. The molecule has 0 bridgehead atoms. The molecule has 0 aromatic heterocycles. The second-order valence-electron chi connectivity index (χ2n) is 1.56. The van der Waals surface area contributed by atoms with E-state index in [9.17, 15) is 4.79 Å². The lowest BCUT2D eigenvalue weighted by Gasteiger charge is -1.93. The van der Waals surface area contributed by atoms with Gasteiger partial charge in [0, 0.05) is 6.42 Å². The first-order valence-corrected chi connectivity index (χ1v) is 2.97. The van der Waals surface area contributed by atoms with Crippen LogP contribution >= 0.6 is 0 Å². The number of hydrogen-bond donors (Lipinski definition) is 1. The van der Waals surface area contributed by atoms with Crippen molar-refractivity contribution in [2.45, 2.75) is 20.3 Å². The van der Waals surface area contributed by atoms with Gasteiger partial charge in [0.15, 0.2) is 0 Å². The molecular formula is C7H11NO. The van der Waals surface area contributed by atoms with E-state index >= 15 is 0 Å². The number of rotatable bonds is 2. The zero-order chi connectivity index (χ0) is 7.11. The number of amides is 1. The maximum atomic E-state index is 10.5. The van der Waals surface area contributed by atoms with Crippen molar-refractivity contribution in [3.63, 3.8) is 0 Å². The van der Waals surface area contributed by atoms with Crippen molar-refractivity contribution in [1.82, 2.24) is 5.32 Å². The van der Waals surface area contributed by atoms with Gasteiger partial charge in [-0.3, -0.25) is 4.79 Å². The van der Waals surface area contributed by atoms with Gasteiger partial charge in [0.1, 0.15) is 0 Å². The highest BCUT2D eigenvalue weighted by atomic mass is 16.1. The molecule has 1 amide bonds. The molecule has 0 rings (SSSR count). The molecule has 0 radical (unpaired) electrons. The van der Waals surface area contributed by atoms with E-state index in [1.54, 1.807) is 6.92 Å². The number of hydrogen-bond acceptors (Lipinski definition) is 1. The van der Waals surface area contributed by atoms with Crippen LogP contribution in [0.4, 0.5) is 0 Å². The van der Waals surface area contributed by atoms with Gasteiger partial charge in [-0.1, -0.05) is 12.8 Å². The summed E-state index contributed by atoms with van der Waals surface area (Å²) in [4.78, 5) is 10.5. The minimum Gasteiger partial charge on any atom is -0.345 e. The summed E-state index contributed by atoms with van der Waals surface area (Å²) in [5.41, 5.74) is 0. The van der Waals surface area contributed by atoms with Crippen LogP contribution in [0.3, 0.4) is 0 Å². The molecule has 0 spiro atoms. The van der Waals surface area contributed by atoms with Crippen molar-refractivity contribution in [2.24, 2.45) is 0 Å². The Morgan fingerprint density at radius 1 is 1.67 bits per heavy atom. The van der Waals surface area contributed by atoms with E-state index in [1.165, 1.54) is 0 Å². The van der Waals surface area contributed by atoms with E-state index in [0.29, 0.717) is 13.0 Å². The Labute approximate surface area is 55.6 Å². The van der Waals surface area contributed by atoms with Crippen molar-refractivity contribution >= 4 is 5.91 Å². The van der Waals surface area contributed by atoms with E-state index in [2.05, 4.69) is 17.2 Å². The first-order chi connectivity index (χ1) is 4.31. The second kappa shape index (κ2) is 5.17. The number of carbonyl (C=O) groups is 1. The van der Waals surface area contributed by atoms with E-state index in [4.69, 9.17) is 0 Å². The Hall–Kier alpha value is -0.970. The van der Waals surface area contributed by atoms with Crippen molar-refractivity contribution in [2.75, 3.05) is 6.54 Å². The zero-order valence-electron chi connectivity index (χ0n) is 5.82. The molecule has 0 saturated heterocycles. The van der Waals surface area contributed by atoms with Gasteiger partial charge in [0.05, 0.1) is 6.54 Å². The predicted molar refractivity (Wildman–Crippen MR) is 36.8 cm³/mol. The van der Waals surface area contributed by atoms with Gasteiger partial charge in [-0.15, -0.1) is 5.92 Å². The van der Waals surface area contributed by atoms with Crippen molar-refractivity contribution in [3.8, 4) is 11.8 Å². The summed E-state index contributed by atoms with van der Waals surface area (Å²) in [5, 5.41) is 2.62. The summed E-state index contributed by atoms with van der Waals surface area (Å²) >= 11 is 0. The molecule has 2 heteroatoms. The Morgan fingerprint density at radius 3 is 2.78 bits per heavy atom. The van der Waals surface area contributed by atoms with Crippen LogP contribution in [0, 0.1) is 11.8 Å². The summed E-state index contributed by atoms with van der Waals surface area (Å²) in [6.45, 7) is 4.04. The fourth-order valence-corrected chi connectivity index (χ4v) is 0.356. The predicted octanol–water partition coefficient (Wildman–Crippen LogP) is 0.536. The molecule has 0 fully saturated rings. The molecule has 0 aliphatic rings. The van der Waals surface area contributed by atoms with E-state index in [-0.39, 0.29) is 5.91 Å². The molecular weight excluding hydrogens is 114 g/mol. The molecule has 0 aromatic rings. The third kappa shape index (κ3) is 4.89. The molecule has 9 heavy (non-hydrogen) atoms. The van der Waals surface area contributed by atoms with Gasteiger partial charge in [0.25, 0.3) is 0 Å². The standard InChI is InChI=1S/C7H11NO/c1-3-5-6-8-7(9)4-2/h4,6H2,1-2H3,(H,8,9). The van der Waals surface area contributed by atoms with Gasteiger partial charge in [-0.05, 0) is 6.92 Å². The quantitative estimate of drug-likeness (QED) is 0.536. The summed E-state index contributed by atoms with van der Waals surface area (Å²) in [6, 6.07) is 0. The molecule has 0 saturated carbocycles. The lowest BCUT2D eigenvalue weighted by Crippen LogP contribution is -2.21. The summed E-state index contributed by atoms with van der Waals surface area (Å²) in [7, 11) is 0.